The zero-order valence-electron chi connectivity index (χ0n) is 11.8. The van der Waals surface area contributed by atoms with Crippen molar-refractivity contribution in [3.05, 3.63) is 46.1 Å². The van der Waals surface area contributed by atoms with Crippen LogP contribution in [0.1, 0.15) is 21.6 Å². The lowest BCUT2D eigenvalue weighted by Gasteiger charge is -2.13. The van der Waals surface area contributed by atoms with Crippen molar-refractivity contribution in [2.24, 2.45) is 0 Å². The van der Waals surface area contributed by atoms with Crippen LogP contribution in [0.2, 0.25) is 0 Å². The first-order chi connectivity index (χ1) is 9.66. The first-order valence-corrected chi connectivity index (χ1v) is 7.30. The van der Waals surface area contributed by atoms with E-state index in [1.165, 1.54) is 39.0 Å². The molecule has 1 N–H and O–H groups in total. The van der Waals surface area contributed by atoms with Gasteiger partial charge in [0.15, 0.2) is 0 Å². The van der Waals surface area contributed by atoms with Gasteiger partial charge in [-0.05, 0) is 60.4 Å². The van der Waals surface area contributed by atoms with E-state index in [9.17, 15) is 0 Å². The molecule has 0 saturated heterocycles. The fourth-order valence-electron chi connectivity index (χ4n) is 2.45. The van der Waals surface area contributed by atoms with Gasteiger partial charge in [-0.3, -0.25) is 0 Å². The fourth-order valence-corrected chi connectivity index (χ4v) is 2.88. The van der Waals surface area contributed by atoms with Gasteiger partial charge in [0.05, 0.1) is 17.6 Å². The summed E-state index contributed by atoms with van der Waals surface area (Å²) >= 11 is 1.41. The molecule has 20 heavy (non-hydrogen) atoms. The van der Waals surface area contributed by atoms with Gasteiger partial charge in [-0.25, -0.2) is 4.98 Å². The second-order valence-electron chi connectivity index (χ2n) is 4.95. The van der Waals surface area contributed by atoms with Crippen molar-refractivity contribution >= 4 is 28.1 Å². The molecular formula is C15H16N4S. The topological polar surface area (TPSA) is 50.7 Å². The zero-order valence-corrected chi connectivity index (χ0v) is 12.6. The maximum Gasteiger partial charge on any atom is 0.134 e. The molecule has 0 aliphatic carbocycles. The lowest BCUT2D eigenvalue weighted by atomic mass is 9.97. The number of nitrogens with one attached hydrogen (secondary N) is 1. The number of fused-ring (bicyclic) bond motifs is 1. The van der Waals surface area contributed by atoms with E-state index in [1.54, 1.807) is 6.20 Å². The molecule has 0 aliphatic rings. The van der Waals surface area contributed by atoms with Crippen LogP contribution in [0, 0.1) is 20.8 Å². The molecule has 0 radical (unpaired) electrons. The highest BCUT2D eigenvalue weighted by atomic mass is 32.1. The van der Waals surface area contributed by atoms with E-state index in [1.807, 2.05) is 6.20 Å². The van der Waals surface area contributed by atoms with Crippen LogP contribution in [0.3, 0.4) is 0 Å². The third-order valence-electron chi connectivity index (χ3n) is 3.61. The molecule has 2 aromatic heterocycles. The molecule has 3 aromatic rings. The summed E-state index contributed by atoms with van der Waals surface area (Å²) in [6.45, 7) is 7.14. The second kappa shape index (κ2) is 5.17. The summed E-state index contributed by atoms with van der Waals surface area (Å²) in [4.78, 5) is 5.60. The second-order valence-corrected chi connectivity index (χ2v) is 5.83. The van der Waals surface area contributed by atoms with Crippen LogP contribution in [0.4, 0.5) is 5.82 Å². The Morgan fingerprint density at radius 3 is 2.80 bits per heavy atom. The van der Waals surface area contributed by atoms with Crippen LogP contribution < -0.4 is 5.32 Å². The zero-order chi connectivity index (χ0) is 14.1. The van der Waals surface area contributed by atoms with E-state index < -0.39 is 0 Å². The van der Waals surface area contributed by atoms with E-state index in [2.05, 4.69) is 52.8 Å². The number of pyridine rings is 1. The Kier molecular flexibility index (Phi) is 3.36. The highest BCUT2D eigenvalue weighted by molar-refractivity contribution is 7.05. The predicted molar refractivity (Wildman–Crippen MR) is 83.2 cm³/mol. The summed E-state index contributed by atoms with van der Waals surface area (Å²) in [7, 11) is 0. The summed E-state index contributed by atoms with van der Waals surface area (Å²) in [5.41, 5.74) is 3.86. The molecule has 0 spiro atoms. The van der Waals surface area contributed by atoms with Crippen LogP contribution in [0.25, 0.3) is 10.8 Å². The first-order valence-electron chi connectivity index (χ1n) is 6.52. The van der Waals surface area contributed by atoms with Crippen molar-refractivity contribution in [2.75, 3.05) is 5.32 Å². The summed E-state index contributed by atoms with van der Waals surface area (Å²) in [6.07, 6.45) is 3.64. The van der Waals surface area contributed by atoms with Gasteiger partial charge < -0.3 is 5.32 Å². The Hall–Kier alpha value is -2.01. The summed E-state index contributed by atoms with van der Waals surface area (Å²) in [6, 6.07) is 4.31. The largest absolute Gasteiger partial charge is 0.365 e. The lowest BCUT2D eigenvalue weighted by molar-refractivity contribution is 1.11. The van der Waals surface area contributed by atoms with E-state index in [-0.39, 0.29) is 0 Å². The number of rotatable bonds is 3. The van der Waals surface area contributed by atoms with Crippen LogP contribution in [0.5, 0.6) is 0 Å². The number of anilines is 1. The molecule has 0 amide bonds. The maximum atomic E-state index is 4.50. The van der Waals surface area contributed by atoms with Crippen molar-refractivity contribution < 1.29 is 0 Å². The van der Waals surface area contributed by atoms with Gasteiger partial charge in [-0.15, -0.1) is 5.10 Å². The molecule has 0 fully saturated rings. The first kappa shape index (κ1) is 13.0. The SMILES string of the molecule is Cc1cc(C)c2ccnc(NCc3cnns3)c2c1C. The minimum Gasteiger partial charge on any atom is -0.365 e. The van der Waals surface area contributed by atoms with Gasteiger partial charge in [0.2, 0.25) is 0 Å². The predicted octanol–water partition coefficient (Wildman–Crippen LogP) is 3.62. The molecule has 0 atom stereocenters. The summed E-state index contributed by atoms with van der Waals surface area (Å²) < 4.78 is 3.87. The van der Waals surface area contributed by atoms with Gasteiger partial charge in [0, 0.05) is 11.6 Å². The highest BCUT2D eigenvalue weighted by Gasteiger charge is 2.10. The van der Waals surface area contributed by atoms with Crippen LogP contribution in [-0.2, 0) is 6.54 Å². The Balaban J connectivity index is 2.06. The smallest absolute Gasteiger partial charge is 0.134 e. The van der Waals surface area contributed by atoms with Gasteiger partial charge in [0.25, 0.3) is 0 Å². The van der Waals surface area contributed by atoms with E-state index in [0.717, 1.165) is 10.7 Å². The average molecular weight is 284 g/mol. The van der Waals surface area contributed by atoms with E-state index >= 15 is 0 Å². The molecule has 102 valence electrons. The molecule has 5 heteroatoms. The van der Waals surface area contributed by atoms with Crippen molar-refractivity contribution in [3.8, 4) is 0 Å². The van der Waals surface area contributed by atoms with Gasteiger partial charge in [0.1, 0.15) is 5.82 Å². The Labute approximate surface area is 122 Å². The third-order valence-corrected chi connectivity index (χ3v) is 4.27. The number of aryl methyl sites for hydroxylation is 3. The molecule has 1 aromatic carbocycles. The lowest BCUT2D eigenvalue weighted by Crippen LogP contribution is -2.02. The minimum absolute atomic E-state index is 0.705. The monoisotopic (exact) mass is 284 g/mol. The number of nitrogens with zero attached hydrogens (tertiary/aromatic N) is 3. The van der Waals surface area contributed by atoms with Crippen LogP contribution in [0.15, 0.2) is 24.5 Å². The standard InChI is InChI=1S/C15H16N4S/c1-9-6-10(2)13-4-5-16-15(14(13)11(9)3)17-7-12-8-18-19-20-12/h4-6,8H,7H2,1-3H3,(H,16,17). The summed E-state index contributed by atoms with van der Waals surface area (Å²) in [5.74, 6) is 0.931. The molecule has 4 nitrogen and oxygen atoms in total. The average Bonchev–Trinajstić information content (AvgIpc) is 2.95. The van der Waals surface area contributed by atoms with Crippen molar-refractivity contribution in [1.29, 1.82) is 0 Å². The third kappa shape index (κ3) is 2.25. The van der Waals surface area contributed by atoms with Crippen molar-refractivity contribution in [3.63, 3.8) is 0 Å². The quantitative estimate of drug-likeness (QED) is 0.798. The number of benzene rings is 1. The molecule has 3 rings (SSSR count). The highest BCUT2D eigenvalue weighted by Crippen LogP contribution is 2.30. The van der Waals surface area contributed by atoms with Gasteiger partial charge in [-0.1, -0.05) is 10.6 Å². The molecule has 0 unspecified atom stereocenters. The number of hydrogen-bond donors (Lipinski definition) is 1. The van der Waals surface area contributed by atoms with Gasteiger partial charge in [-0.2, -0.15) is 0 Å². The molecule has 0 aliphatic heterocycles. The fraction of sp³-hybridized carbons (Fsp3) is 0.267. The Morgan fingerprint density at radius 1 is 1.20 bits per heavy atom. The molecule has 2 heterocycles. The normalized spacial score (nSPS) is 10.9. The molecule has 0 saturated carbocycles. The Morgan fingerprint density at radius 2 is 2.05 bits per heavy atom. The number of aromatic nitrogens is 3. The van der Waals surface area contributed by atoms with Crippen molar-refractivity contribution in [1.82, 2.24) is 14.6 Å². The maximum absolute atomic E-state index is 4.50. The van der Waals surface area contributed by atoms with Crippen LogP contribution >= 0.6 is 11.5 Å². The van der Waals surface area contributed by atoms with Gasteiger partial charge >= 0.3 is 0 Å². The molecular weight excluding hydrogens is 268 g/mol. The van der Waals surface area contributed by atoms with Crippen LogP contribution in [-0.4, -0.2) is 14.6 Å². The summed E-state index contributed by atoms with van der Waals surface area (Å²) in [5, 5.41) is 9.72. The molecule has 0 bridgehead atoms. The van der Waals surface area contributed by atoms with E-state index in [0.29, 0.717) is 6.54 Å². The number of hydrogen-bond acceptors (Lipinski definition) is 5. The van der Waals surface area contributed by atoms with E-state index in [4.69, 9.17) is 0 Å². The Bertz CT molecular complexity index is 750. The minimum atomic E-state index is 0.705. The van der Waals surface area contributed by atoms with Crippen molar-refractivity contribution in [2.45, 2.75) is 27.3 Å².